The molecule has 1 amide bonds. The van der Waals surface area contributed by atoms with E-state index in [1.807, 2.05) is 60.0 Å². The van der Waals surface area contributed by atoms with Crippen LogP contribution in [-0.4, -0.2) is 15.5 Å². The Bertz CT molecular complexity index is 1560. The molecule has 0 aliphatic carbocycles. The van der Waals surface area contributed by atoms with Gasteiger partial charge in [-0.3, -0.25) is 14.6 Å². The van der Waals surface area contributed by atoms with Gasteiger partial charge in [0.1, 0.15) is 0 Å². The lowest BCUT2D eigenvalue weighted by molar-refractivity contribution is 0.0950. The summed E-state index contributed by atoms with van der Waals surface area (Å²) < 4.78 is 2.78. The predicted molar refractivity (Wildman–Crippen MR) is 141 cm³/mol. The molecule has 0 spiro atoms. The number of amides is 1. The molecule has 0 fully saturated rings. The van der Waals surface area contributed by atoms with Gasteiger partial charge in [-0.05, 0) is 63.7 Å². The summed E-state index contributed by atoms with van der Waals surface area (Å²) in [5.74, 6) is -0.156. The van der Waals surface area contributed by atoms with E-state index in [-0.39, 0.29) is 11.5 Å². The highest BCUT2D eigenvalue weighted by molar-refractivity contribution is 7.17. The van der Waals surface area contributed by atoms with Crippen LogP contribution >= 0.6 is 22.9 Å². The number of hydrogen-bond acceptors (Lipinski definition) is 4. The minimum Gasteiger partial charge on any atom is -0.348 e. The number of nitrogens with one attached hydrogen (secondary N) is 1. The van der Waals surface area contributed by atoms with Crippen LogP contribution in [0.15, 0.2) is 95.5 Å². The van der Waals surface area contributed by atoms with Crippen molar-refractivity contribution in [3.8, 4) is 0 Å². The first-order valence-electron chi connectivity index (χ1n) is 11.2. The van der Waals surface area contributed by atoms with Gasteiger partial charge < -0.3 is 9.88 Å². The molecule has 0 saturated carbocycles. The van der Waals surface area contributed by atoms with Gasteiger partial charge in [-0.25, -0.2) is 0 Å². The van der Waals surface area contributed by atoms with Crippen molar-refractivity contribution in [2.45, 2.75) is 19.5 Å². The number of pyridine rings is 2. The van der Waals surface area contributed by atoms with Crippen LogP contribution < -0.4 is 10.9 Å². The van der Waals surface area contributed by atoms with Crippen molar-refractivity contribution >= 4 is 38.9 Å². The molecule has 0 atom stereocenters. The normalized spacial score (nSPS) is 11.0. The highest BCUT2D eigenvalue weighted by atomic mass is 35.5. The SMILES string of the molecule is O=C(NCc1csc2cc(Cl)ccc12)c1cncc(Cc2ccc(Cn3ccccc3=O)cc2)c1. The number of rotatable bonds is 7. The second-order valence-electron chi connectivity index (χ2n) is 8.33. The van der Waals surface area contributed by atoms with Crippen molar-refractivity contribution in [2.24, 2.45) is 0 Å². The molecule has 3 heterocycles. The Morgan fingerprint density at radius 2 is 1.80 bits per heavy atom. The van der Waals surface area contributed by atoms with Gasteiger partial charge in [0.2, 0.25) is 0 Å². The number of fused-ring (bicyclic) bond motifs is 1. The summed E-state index contributed by atoms with van der Waals surface area (Å²) in [7, 11) is 0. The van der Waals surface area contributed by atoms with Gasteiger partial charge in [0, 0.05) is 40.9 Å². The zero-order valence-corrected chi connectivity index (χ0v) is 20.4. The van der Waals surface area contributed by atoms with Gasteiger partial charge in [-0.15, -0.1) is 11.3 Å². The molecule has 0 radical (unpaired) electrons. The van der Waals surface area contributed by atoms with E-state index in [0.717, 1.165) is 32.3 Å². The van der Waals surface area contributed by atoms with Gasteiger partial charge in [0.05, 0.1) is 12.1 Å². The quantitative estimate of drug-likeness (QED) is 0.313. The fourth-order valence-corrected chi connectivity index (χ4v) is 5.20. The molecule has 0 aliphatic rings. The minimum absolute atomic E-state index is 0.0191. The number of carbonyl (C=O) groups excluding carboxylic acids is 1. The van der Waals surface area contributed by atoms with Crippen molar-refractivity contribution in [3.05, 3.63) is 134 Å². The Hall–Kier alpha value is -3.74. The maximum Gasteiger partial charge on any atom is 0.253 e. The second-order valence-corrected chi connectivity index (χ2v) is 9.67. The fourth-order valence-electron chi connectivity index (χ4n) is 3.97. The third-order valence-electron chi connectivity index (χ3n) is 5.80. The first-order chi connectivity index (χ1) is 17.0. The smallest absolute Gasteiger partial charge is 0.253 e. The van der Waals surface area contributed by atoms with E-state index in [4.69, 9.17) is 11.6 Å². The molecule has 3 aromatic heterocycles. The van der Waals surface area contributed by atoms with Crippen LogP contribution in [0.1, 0.15) is 32.6 Å². The predicted octanol–water partition coefficient (Wildman–Crippen LogP) is 5.68. The third kappa shape index (κ3) is 5.50. The van der Waals surface area contributed by atoms with Crippen molar-refractivity contribution in [1.82, 2.24) is 14.9 Å². The van der Waals surface area contributed by atoms with Crippen molar-refractivity contribution in [3.63, 3.8) is 0 Å². The molecule has 0 unspecified atom stereocenters. The van der Waals surface area contributed by atoms with E-state index in [1.165, 1.54) is 0 Å². The molecule has 1 N–H and O–H groups in total. The lowest BCUT2D eigenvalue weighted by atomic mass is 10.0. The summed E-state index contributed by atoms with van der Waals surface area (Å²) in [5, 5.41) is 6.86. The Balaban J connectivity index is 1.22. The number of hydrogen-bond donors (Lipinski definition) is 1. The topological polar surface area (TPSA) is 64.0 Å². The molecule has 5 rings (SSSR count). The number of thiophene rings is 1. The molecule has 0 saturated heterocycles. The summed E-state index contributed by atoms with van der Waals surface area (Å²) in [6, 6.07) is 21.0. The van der Waals surface area contributed by atoms with Crippen LogP contribution in [0.25, 0.3) is 10.1 Å². The summed E-state index contributed by atoms with van der Waals surface area (Å²) in [5.41, 5.74) is 4.70. The van der Waals surface area contributed by atoms with E-state index in [0.29, 0.717) is 30.1 Å². The molecule has 5 aromatic rings. The molecular formula is C28H22ClN3O2S. The van der Waals surface area contributed by atoms with E-state index in [1.54, 1.807) is 46.6 Å². The first kappa shape index (κ1) is 23.0. The fraction of sp³-hybridized carbons (Fsp3) is 0.107. The second kappa shape index (κ2) is 10.3. The number of benzene rings is 2. The molecular weight excluding hydrogens is 478 g/mol. The number of carbonyl (C=O) groups is 1. The average Bonchev–Trinajstić information content (AvgIpc) is 3.27. The van der Waals surface area contributed by atoms with Crippen LogP contribution in [0.4, 0.5) is 0 Å². The van der Waals surface area contributed by atoms with Crippen LogP contribution in [0.3, 0.4) is 0 Å². The Morgan fingerprint density at radius 3 is 2.63 bits per heavy atom. The maximum absolute atomic E-state index is 12.8. The molecule has 0 bridgehead atoms. The monoisotopic (exact) mass is 499 g/mol. The number of halogens is 1. The van der Waals surface area contributed by atoms with E-state index >= 15 is 0 Å². The largest absolute Gasteiger partial charge is 0.348 e. The summed E-state index contributed by atoms with van der Waals surface area (Å²) in [6.45, 7) is 0.972. The van der Waals surface area contributed by atoms with E-state index < -0.39 is 0 Å². The summed E-state index contributed by atoms with van der Waals surface area (Å²) in [6.07, 6.45) is 5.82. The van der Waals surface area contributed by atoms with Crippen LogP contribution in [-0.2, 0) is 19.5 Å². The highest BCUT2D eigenvalue weighted by Gasteiger charge is 2.10. The zero-order valence-electron chi connectivity index (χ0n) is 18.8. The van der Waals surface area contributed by atoms with Crippen molar-refractivity contribution in [2.75, 3.05) is 0 Å². The van der Waals surface area contributed by atoms with E-state index in [2.05, 4.69) is 10.3 Å². The van der Waals surface area contributed by atoms with Gasteiger partial charge >= 0.3 is 0 Å². The minimum atomic E-state index is -0.156. The molecule has 35 heavy (non-hydrogen) atoms. The molecule has 5 nitrogen and oxygen atoms in total. The van der Waals surface area contributed by atoms with Crippen molar-refractivity contribution < 1.29 is 4.79 Å². The molecule has 7 heteroatoms. The van der Waals surface area contributed by atoms with Gasteiger partial charge in [-0.1, -0.05) is 48.0 Å². The van der Waals surface area contributed by atoms with Crippen LogP contribution in [0, 0.1) is 0 Å². The first-order valence-corrected chi connectivity index (χ1v) is 12.4. The Labute approximate surface area is 211 Å². The average molecular weight is 500 g/mol. The zero-order chi connectivity index (χ0) is 24.2. The standard InChI is InChI=1S/C28H22ClN3O2S/c29-24-8-9-25-23(18-35-26(25)13-24)16-31-28(34)22-12-21(14-30-15-22)11-19-4-6-20(7-5-19)17-32-10-2-1-3-27(32)33/h1-10,12-15,18H,11,16-17H2,(H,31,34). The molecule has 2 aromatic carbocycles. The summed E-state index contributed by atoms with van der Waals surface area (Å²) in [4.78, 5) is 29.0. The number of nitrogens with zero attached hydrogens (tertiary/aromatic N) is 2. The molecule has 174 valence electrons. The lowest BCUT2D eigenvalue weighted by Gasteiger charge is -2.08. The van der Waals surface area contributed by atoms with Crippen molar-refractivity contribution in [1.29, 1.82) is 0 Å². The van der Waals surface area contributed by atoms with Gasteiger partial charge in [-0.2, -0.15) is 0 Å². The van der Waals surface area contributed by atoms with E-state index in [9.17, 15) is 9.59 Å². The van der Waals surface area contributed by atoms with Crippen LogP contribution in [0.2, 0.25) is 5.02 Å². The van der Waals surface area contributed by atoms with Gasteiger partial charge in [0.15, 0.2) is 0 Å². The lowest BCUT2D eigenvalue weighted by Crippen LogP contribution is -2.23. The Morgan fingerprint density at radius 1 is 0.971 bits per heavy atom. The van der Waals surface area contributed by atoms with Gasteiger partial charge in [0.25, 0.3) is 11.5 Å². The van der Waals surface area contributed by atoms with Crippen LogP contribution in [0.5, 0.6) is 0 Å². The third-order valence-corrected chi connectivity index (χ3v) is 7.03. The summed E-state index contributed by atoms with van der Waals surface area (Å²) >= 11 is 7.69. The highest BCUT2D eigenvalue weighted by Crippen LogP contribution is 2.28. The molecule has 0 aliphatic heterocycles. The Kier molecular flexibility index (Phi) is 6.75. The maximum atomic E-state index is 12.8. The number of aromatic nitrogens is 2.